The molecule has 0 saturated carbocycles. The monoisotopic (exact) mass is 321 g/mol. The minimum atomic E-state index is -0.240. The summed E-state index contributed by atoms with van der Waals surface area (Å²) in [7, 11) is 0. The fourth-order valence-corrected chi connectivity index (χ4v) is 2.32. The molecule has 0 heterocycles. The molecule has 5 nitrogen and oxygen atoms in total. The summed E-state index contributed by atoms with van der Waals surface area (Å²) in [6, 6.07) is 16.5. The van der Waals surface area contributed by atoms with Crippen molar-refractivity contribution in [3.05, 3.63) is 65.2 Å². The number of aryl methyl sites for hydroxylation is 1. The van der Waals surface area contributed by atoms with Crippen LogP contribution in [0.5, 0.6) is 0 Å². The van der Waals surface area contributed by atoms with Gasteiger partial charge in [0, 0.05) is 19.2 Å². The molecule has 0 aliphatic heterocycles. The normalized spacial score (nSPS) is 9.88. The van der Waals surface area contributed by atoms with Gasteiger partial charge in [0.15, 0.2) is 0 Å². The van der Waals surface area contributed by atoms with Crippen molar-refractivity contribution in [2.75, 3.05) is 11.4 Å². The molecular weight excluding hydrogens is 302 g/mol. The molecule has 0 radical (unpaired) electrons. The number of nitrogens with zero attached hydrogens (tertiary/aromatic N) is 2. The number of hydrogen-bond donors (Lipinski definition) is 1. The quantitative estimate of drug-likeness (QED) is 0.919. The second kappa shape index (κ2) is 7.93. The van der Waals surface area contributed by atoms with Crippen LogP contribution >= 0.6 is 0 Å². The van der Waals surface area contributed by atoms with Gasteiger partial charge in [-0.1, -0.05) is 29.8 Å². The van der Waals surface area contributed by atoms with Gasteiger partial charge in [-0.2, -0.15) is 5.26 Å². The van der Waals surface area contributed by atoms with E-state index in [1.165, 1.54) is 11.8 Å². The summed E-state index contributed by atoms with van der Waals surface area (Å²) in [6.07, 6.45) is 0. The van der Waals surface area contributed by atoms with Crippen LogP contribution in [0.2, 0.25) is 0 Å². The van der Waals surface area contributed by atoms with Gasteiger partial charge in [-0.05, 0) is 36.8 Å². The first-order valence-corrected chi connectivity index (χ1v) is 7.60. The highest BCUT2D eigenvalue weighted by Crippen LogP contribution is 2.15. The summed E-state index contributed by atoms with van der Waals surface area (Å²) in [5.74, 6) is -0.471. The SMILES string of the molecule is CC(=O)N(CC(=O)NCc1cccc(C)c1)c1ccc(C#N)cc1. The summed E-state index contributed by atoms with van der Waals surface area (Å²) in [5.41, 5.74) is 3.24. The van der Waals surface area contributed by atoms with E-state index in [-0.39, 0.29) is 18.4 Å². The second-order valence-electron chi connectivity index (χ2n) is 5.53. The lowest BCUT2D eigenvalue weighted by atomic mass is 10.1. The molecule has 0 atom stereocenters. The lowest BCUT2D eigenvalue weighted by Crippen LogP contribution is -2.39. The first kappa shape index (κ1) is 17.2. The average Bonchev–Trinajstić information content (AvgIpc) is 2.58. The van der Waals surface area contributed by atoms with Gasteiger partial charge in [0.2, 0.25) is 11.8 Å². The number of nitriles is 1. The van der Waals surface area contributed by atoms with E-state index in [0.717, 1.165) is 11.1 Å². The Morgan fingerprint density at radius 1 is 1.17 bits per heavy atom. The maximum absolute atomic E-state index is 12.2. The molecule has 0 unspecified atom stereocenters. The Morgan fingerprint density at radius 3 is 2.46 bits per heavy atom. The van der Waals surface area contributed by atoms with Crippen LogP contribution in [0.1, 0.15) is 23.6 Å². The van der Waals surface area contributed by atoms with E-state index < -0.39 is 0 Å². The van der Waals surface area contributed by atoms with Crippen molar-refractivity contribution in [1.29, 1.82) is 5.26 Å². The largest absolute Gasteiger partial charge is 0.350 e. The number of carbonyl (C=O) groups excluding carboxylic acids is 2. The van der Waals surface area contributed by atoms with Crippen LogP contribution < -0.4 is 10.2 Å². The molecule has 0 bridgehead atoms. The maximum Gasteiger partial charge on any atom is 0.240 e. The molecule has 0 spiro atoms. The standard InChI is InChI=1S/C19H19N3O2/c1-14-4-3-5-17(10-14)12-21-19(24)13-22(15(2)23)18-8-6-16(11-20)7-9-18/h3-10H,12-13H2,1-2H3,(H,21,24). The Kier molecular flexibility index (Phi) is 5.69. The fourth-order valence-electron chi connectivity index (χ4n) is 2.32. The van der Waals surface area contributed by atoms with Crippen LogP contribution in [-0.4, -0.2) is 18.4 Å². The highest BCUT2D eigenvalue weighted by Gasteiger charge is 2.15. The first-order valence-electron chi connectivity index (χ1n) is 7.60. The lowest BCUT2D eigenvalue weighted by Gasteiger charge is -2.20. The first-order chi connectivity index (χ1) is 11.5. The highest BCUT2D eigenvalue weighted by atomic mass is 16.2. The third kappa shape index (κ3) is 4.68. The predicted octanol–water partition coefficient (Wildman–Crippen LogP) is 2.54. The third-order valence-electron chi connectivity index (χ3n) is 3.56. The van der Waals surface area contributed by atoms with Gasteiger partial charge < -0.3 is 10.2 Å². The third-order valence-corrected chi connectivity index (χ3v) is 3.56. The van der Waals surface area contributed by atoms with E-state index in [1.54, 1.807) is 24.3 Å². The van der Waals surface area contributed by atoms with Gasteiger partial charge in [-0.3, -0.25) is 9.59 Å². The van der Waals surface area contributed by atoms with Crippen molar-refractivity contribution >= 4 is 17.5 Å². The van der Waals surface area contributed by atoms with Crippen LogP contribution in [0.15, 0.2) is 48.5 Å². The minimum Gasteiger partial charge on any atom is -0.350 e. The zero-order valence-corrected chi connectivity index (χ0v) is 13.7. The van der Waals surface area contributed by atoms with Gasteiger partial charge >= 0.3 is 0 Å². The molecule has 1 N–H and O–H groups in total. The van der Waals surface area contributed by atoms with Crippen LogP contribution in [0, 0.1) is 18.3 Å². The van der Waals surface area contributed by atoms with Gasteiger partial charge in [0.25, 0.3) is 0 Å². The van der Waals surface area contributed by atoms with E-state index in [0.29, 0.717) is 17.8 Å². The van der Waals surface area contributed by atoms with Crippen LogP contribution in [-0.2, 0) is 16.1 Å². The van der Waals surface area contributed by atoms with Crippen molar-refractivity contribution in [1.82, 2.24) is 5.32 Å². The number of amides is 2. The van der Waals surface area contributed by atoms with E-state index in [9.17, 15) is 9.59 Å². The molecule has 24 heavy (non-hydrogen) atoms. The summed E-state index contributed by atoms with van der Waals surface area (Å²) in [6.45, 7) is 3.76. The molecule has 0 aromatic heterocycles. The number of hydrogen-bond acceptors (Lipinski definition) is 3. The number of benzene rings is 2. The second-order valence-corrected chi connectivity index (χ2v) is 5.53. The highest BCUT2D eigenvalue weighted by molar-refractivity contribution is 5.97. The molecule has 0 fully saturated rings. The van der Waals surface area contributed by atoms with Gasteiger partial charge in [0.1, 0.15) is 6.54 Å². The summed E-state index contributed by atoms with van der Waals surface area (Å²) >= 11 is 0. The average molecular weight is 321 g/mol. The number of anilines is 1. The Morgan fingerprint density at radius 2 is 1.88 bits per heavy atom. The summed E-state index contributed by atoms with van der Waals surface area (Å²) in [4.78, 5) is 25.4. The van der Waals surface area contributed by atoms with Crippen molar-refractivity contribution in [2.24, 2.45) is 0 Å². The Balaban J connectivity index is 2.00. The molecule has 5 heteroatoms. The predicted molar refractivity (Wildman–Crippen MR) is 92.2 cm³/mol. The number of nitrogens with one attached hydrogen (secondary N) is 1. The smallest absolute Gasteiger partial charge is 0.240 e. The van der Waals surface area contributed by atoms with Crippen molar-refractivity contribution in [3.8, 4) is 6.07 Å². The number of carbonyl (C=O) groups is 2. The molecule has 2 amide bonds. The van der Waals surface area contributed by atoms with Crippen molar-refractivity contribution in [3.63, 3.8) is 0 Å². The molecule has 2 aromatic rings. The summed E-state index contributed by atoms with van der Waals surface area (Å²) in [5, 5.41) is 11.6. The number of rotatable bonds is 5. The molecule has 2 aromatic carbocycles. The van der Waals surface area contributed by atoms with E-state index in [4.69, 9.17) is 5.26 Å². The lowest BCUT2D eigenvalue weighted by molar-refractivity contribution is -0.123. The van der Waals surface area contributed by atoms with Gasteiger partial charge in [0.05, 0.1) is 11.6 Å². The topological polar surface area (TPSA) is 73.2 Å². The molecule has 0 aliphatic carbocycles. The van der Waals surface area contributed by atoms with E-state index >= 15 is 0 Å². The molecule has 0 aliphatic rings. The van der Waals surface area contributed by atoms with Crippen molar-refractivity contribution < 1.29 is 9.59 Å². The Labute approximate surface area is 141 Å². The zero-order chi connectivity index (χ0) is 17.5. The van der Waals surface area contributed by atoms with Crippen molar-refractivity contribution in [2.45, 2.75) is 20.4 Å². The van der Waals surface area contributed by atoms with Crippen LogP contribution in [0.3, 0.4) is 0 Å². The van der Waals surface area contributed by atoms with E-state index in [2.05, 4.69) is 5.32 Å². The Bertz CT molecular complexity index is 776. The van der Waals surface area contributed by atoms with Crippen LogP contribution in [0.25, 0.3) is 0 Å². The maximum atomic E-state index is 12.2. The Hall–Kier alpha value is -3.13. The zero-order valence-electron chi connectivity index (χ0n) is 13.7. The van der Waals surface area contributed by atoms with Gasteiger partial charge in [-0.15, -0.1) is 0 Å². The molecular formula is C19H19N3O2. The molecule has 0 saturated heterocycles. The minimum absolute atomic E-state index is 0.0625. The van der Waals surface area contributed by atoms with Gasteiger partial charge in [-0.25, -0.2) is 0 Å². The van der Waals surface area contributed by atoms with Crippen LogP contribution in [0.4, 0.5) is 5.69 Å². The summed E-state index contributed by atoms with van der Waals surface area (Å²) < 4.78 is 0. The molecule has 2 rings (SSSR count). The van der Waals surface area contributed by atoms with E-state index in [1.807, 2.05) is 37.3 Å². The fraction of sp³-hybridized carbons (Fsp3) is 0.211. The molecule has 122 valence electrons.